The van der Waals surface area contributed by atoms with Crippen LogP contribution in [0.4, 0.5) is 0 Å². The molecule has 80 heavy (non-hydrogen) atoms. The lowest BCUT2D eigenvalue weighted by Gasteiger charge is -2.22. The van der Waals surface area contributed by atoms with Crippen LogP contribution in [-0.4, -0.2) is 16.7 Å². The van der Waals surface area contributed by atoms with Crippen LogP contribution in [0, 0.1) is 41.5 Å². The molecule has 0 unspecified atom stereocenters. The van der Waals surface area contributed by atoms with Crippen molar-refractivity contribution in [1.82, 2.24) is 0 Å². The normalized spacial score (nSPS) is 11.9. The summed E-state index contributed by atoms with van der Waals surface area (Å²) in [5, 5.41) is 10.7. The second-order valence-electron chi connectivity index (χ2n) is 18.7. The second-order valence-corrected chi connectivity index (χ2v) is 18.7. The van der Waals surface area contributed by atoms with Crippen LogP contribution < -0.4 is 0 Å². The molecule has 0 amide bonds. The predicted octanol–water partition coefficient (Wildman–Crippen LogP) is 22.8. The molecule has 0 aliphatic heterocycles. The Labute approximate surface area is 488 Å². The van der Waals surface area contributed by atoms with Crippen LogP contribution in [0.15, 0.2) is 158 Å². The molecule has 8 aromatic carbocycles. The van der Waals surface area contributed by atoms with Gasteiger partial charge in [-0.25, -0.2) is 0 Å². The summed E-state index contributed by atoms with van der Waals surface area (Å²) in [7, 11) is 0. The van der Waals surface area contributed by atoms with E-state index in [0.29, 0.717) is 0 Å². The van der Waals surface area contributed by atoms with Gasteiger partial charge < -0.3 is 5.11 Å². The summed E-state index contributed by atoms with van der Waals surface area (Å²) in [6, 6.07) is 53.9. The van der Waals surface area contributed by atoms with E-state index in [0.717, 1.165) is 77.9 Å². The third kappa shape index (κ3) is 15.7. The molecule has 0 spiro atoms. The van der Waals surface area contributed by atoms with E-state index in [9.17, 15) is 14.7 Å². The first-order valence-corrected chi connectivity index (χ1v) is 30.2. The summed E-state index contributed by atoms with van der Waals surface area (Å²) < 4.78 is 0. The van der Waals surface area contributed by atoms with Crippen molar-refractivity contribution < 1.29 is 14.7 Å². The van der Waals surface area contributed by atoms with Gasteiger partial charge in [0.25, 0.3) is 0 Å². The number of hydrogen-bond acceptors (Lipinski definition) is 3. The van der Waals surface area contributed by atoms with Gasteiger partial charge in [-0.15, -0.1) is 0 Å². The zero-order valence-corrected chi connectivity index (χ0v) is 54.3. The van der Waals surface area contributed by atoms with Gasteiger partial charge in [0.1, 0.15) is 5.60 Å². The Morgan fingerprint density at radius 1 is 0.250 bits per heavy atom. The number of fused-ring (bicyclic) bond motifs is 12. The Balaban J connectivity index is 0.000000492. The molecule has 0 radical (unpaired) electrons. The highest BCUT2D eigenvalue weighted by Crippen LogP contribution is 2.50. The first-order valence-electron chi connectivity index (χ1n) is 30.2. The lowest BCUT2D eigenvalue weighted by molar-refractivity contribution is 0.103. The Morgan fingerprint density at radius 3 is 0.738 bits per heavy atom. The molecule has 3 nitrogen and oxygen atoms in total. The highest BCUT2D eigenvalue weighted by Gasteiger charge is 2.38. The minimum absolute atomic E-state index is 0.142. The molecular formula is C77H102O3. The molecule has 0 fully saturated rings. The molecule has 0 aromatic heterocycles. The number of aliphatic hydroxyl groups is 1. The lowest BCUT2D eigenvalue weighted by atomic mass is 9.81. The van der Waals surface area contributed by atoms with Gasteiger partial charge in [-0.2, -0.15) is 0 Å². The largest absolute Gasteiger partial charge is 0.381 e. The Morgan fingerprint density at radius 2 is 0.450 bits per heavy atom. The van der Waals surface area contributed by atoms with Crippen molar-refractivity contribution in [2.45, 2.75) is 184 Å². The fraction of sp³-hybridized carbons (Fsp3) is 0.351. The fourth-order valence-corrected chi connectivity index (χ4v) is 9.99. The number of ketones is 2. The van der Waals surface area contributed by atoms with Crippen molar-refractivity contribution in [3.05, 3.63) is 236 Å². The summed E-state index contributed by atoms with van der Waals surface area (Å²) in [4.78, 5) is 24.1. The van der Waals surface area contributed by atoms with E-state index in [1.807, 2.05) is 204 Å². The van der Waals surface area contributed by atoms with E-state index in [4.69, 9.17) is 0 Å². The number of aryl methyl sites for hydroxylation is 6. The highest BCUT2D eigenvalue weighted by atomic mass is 16.3. The summed E-state index contributed by atoms with van der Waals surface area (Å²) in [5.41, 5.74) is 24.4. The maximum atomic E-state index is 12.2. The van der Waals surface area contributed by atoms with Crippen LogP contribution in [-0.2, 0) is 11.0 Å². The topological polar surface area (TPSA) is 54.4 Å². The molecule has 428 valence electrons. The van der Waals surface area contributed by atoms with Crippen LogP contribution in [0.2, 0.25) is 0 Å². The van der Waals surface area contributed by atoms with Crippen molar-refractivity contribution in [3.8, 4) is 44.5 Å². The first kappa shape index (κ1) is 71.1. The molecule has 0 saturated heterocycles. The molecule has 0 saturated carbocycles. The summed E-state index contributed by atoms with van der Waals surface area (Å²) in [6.07, 6.45) is 0. The van der Waals surface area contributed by atoms with Crippen molar-refractivity contribution in [2.75, 3.05) is 0 Å². The Hall–Kier alpha value is -6.94. The minimum Gasteiger partial charge on any atom is -0.381 e. The molecule has 0 bridgehead atoms. The molecule has 8 aromatic rings. The predicted molar refractivity (Wildman–Crippen MR) is 354 cm³/mol. The van der Waals surface area contributed by atoms with Gasteiger partial charge in [0, 0.05) is 27.7 Å². The van der Waals surface area contributed by atoms with Crippen LogP contribution >= 0.6 is 0 Å². The Bertz CT molecular complexity index is 2890. The number of hydrogen-bond donors (Lipinski definition) is 1. The molecule has 0 atom stereocenters. The molecule has 1 N–H and O–H groups in total. The van der Waals surface area contributed by atoms with E-state index in [1.54, 1.807) is 0 Å². The van der Waals surface area contributed by atoms with Crippen LogP contribution in [0.5, 0.6) is 0 Å². The van der Waals surface area contributed by atoms with Crippen molar-refractivity contribution in [3.63, 3.8) is 0 Å². The van der Waals surface area contributed by atoms with Crippen molar-refractivity contribution in [2.24, 2.45) is 0 Å². The first-order chi connectivity index (χ1) is 38.5. The Kier molecular flexibility index (Phi) is 30.4. The van der Waals surface area contributed by atoms with E-state index >= 15 is 0 Å². The molecule has 4 aliphatic rings. The van der Waals surface area contributed by atoms with Gasteiger partial charge >= 0.3 is 0 Å². The summed E-state index contributed by atoms with van der Waals surface area (Å²) in [5.74, 6) is 0.314. The van der Waals surface area contributed by atoms with Crippen molar-refractivity contribution in [1.29, 1.82) is 0 Å². The van der Waals surface area contributed by atoms with Crippen LogP contribution in [0.25, 0.3) is 44.5 Å². The molecular weight excluding hydrogens is 973 g/mol. The van der Waals surface area contributed by atoms with E-state index in [2.05, 4.69) is 126 Å². The summed E-state index contributed by atoms with van der Waals surface area (Å²) >= 11 is 0. The quantitative estimate of drug-likeness (QED) is 0.165. The smallest absolute Gasteiger partial charge is 0.194 e. The third-order valence-corrected chi connectivity index (χ3v) is 13.4. The molecule has 0 heterocycles. The SMILES string of the molecule is CC.CC.CC.CC.CC.CC.CC.CC.Cc1ccc2c(c1)C(=O)c1cc(C)ccc1-2.Cc1ccc2c(c1)C(C)(C)c1cc(C)ccc1-2.Cc1ccc2c(c1)C(C)(O)c1cc(C)ccc1-2.O=C1c2ccccc2-c2ccccc21. The lowest BCUT2D eigenvalue weighted by Crippen LogP contribution is -2.19. The van der Waals surface area contributed by atoms with Gasteiger partial charge in [-0.05, 0) is 127 Å². The molecule has 12 rings (SSSR count). The number of carbonyl (C=O) groups is 2. The average Bonchev–Trinajstić information content (AvgIpc) is 4.15. The number of rotatable bonds is 0. The maximum absolute atomic E-state index is 12.2. The van der Waals surface area contributed by atoms with Gasteiger partial charge in [0.2, 0.25) is 0 Å². The van der Waals surface area contributed by atoms with Crippen molar-refractivity contribution >= 4 is 11.6 Å². The number of benzene rings is 8. The zero-order valence-electron chi connectivity index (χ0n) is 54.3. The van der Waals surface area contributed by atoms with Crippen LogP contribution in [0.3, 0.4) is 0 Å². The average molecular weight is 1080 g/mol. The van der Waals surface area contributed by atoms with E-state index < -0.39 is 5.60 Å². The van der Waals surface area contributed by atoms with Gasteiger partial charge in [0.15, 0.2) is 11.6 Å². The molecule has 4 aliphatic carbocycles. The number of carbonyl (C=O) groups excluding carboxylic acids is 2. The third-order valence-electron chi connectivity index (χ3n) is 13.4. The van der Waals surface area contributed by atoms with E-state index in [1.165, 1.54) is 44.5 Å². The minimum atomic E-state index is -0.858. The monoisotopic (exact) mass is 1070 g/mol. The van der Waals surface area contributed by atoms with Crippen LogP contribution in [0.1, 0.15) is 219 Å². The highest BCUT2D eigenvalue weighted by molar-refractivity contribution is 6.22. The van der Waals surface area contributed by atoms with E-state index in [-0.39, 0.29) is 17.0 Å². The standard InChI is InChI=1S/C17H18.C16H16O.C15H12O.C13H8O.8C2H6/c1-11-5-7-13-14-8-6-12(2)10-16(14)17(3,4)15(13)9-11;1-10-4-6-12-13-7-5-11(2)9-15(13)16(3,17)14(12)8-10;1-9-3-5-11-12-6-4-10(2)8-14(12)15(16)13(11)7-9;14-13-11-7-3-1-5-9(11)10-6-2-4-8-12(10)13;8*1-2/h5-10H,1-4H3;4-9,17H,1-3H3;3-8H,1-2H3;1-8H;8*1-2H3. The maximum Gasteiger partial charge on any atom is 0.194 e. The summed E-state index contributed by atoms with van der Waals surface area (Å²) in [6.45, 7) is 51.0. The zero-order chi connectivity index (χ0) is 61.2. The molecule has 3 heteroatoms. The van der Waals surface area contributed by atoms with Gasteiger partial charge in [0.05, 0.1) is 0 Å². The fourth-order valence-electron chi connectivity index (χ4n) is 9.99. The second kappa shape index (κ2) is 34.3. The van der Waals surface area contributed by atoms with Gasteiger partial charge in [-0.1, -0.05) is 304 Å². The van der Waals surface area contributed by atoms with Gasteiger partial charge in [-0.3, -0.25) is 9.59 Å².